The first-order chi connectivity index (χ1) is 13.5. The maximum absolute atomic E-state index is 5.57. The molecule has 1 saturated heterocycles. The van der Waals surface area contributed by atoms with Crippen LogP contribution in [0, 0.1) is 0 Å². The van der Waals surface area contributed by atoms with Gasteiger partial charge in [-0.3, -0.25) is 0 Å². The fraction of sp³-hybridized carbons (Fsp3) is 0.667. The van der Waals surface area contributed by atoms with E-state index in [1.165, 1.54) is 0 Å². The maximum Gasteiger partial charge on any atom is 0.203 e. The topological polar surface area (TPSA) is 67.4 Å². The second kappa shape index (κ2) is 11.0. The number of piperidine rings is 1. The summed E-state index contributed by atoms with van der Waals surface area (Å²) in [5.41, 5.74) is 0.951. The maximum atomic E-state index is 5.57. The zero-order valence-corrected chi connectivity index (χ0v) is 18.2. The lowest BCUT2D eigenvalue weighted by atomic mass is 10.0. The van der Waals surface area contributed by atoms with Crippen molar-refractivity contribution in [3.8, 4) is 17.2 Å². The van der Waals surface area contributed by atoms with Gasteiger partial charge in [-0.2, -0.15) is 0 Å². The highest BCUT2D eigenvalue weighted by Crippen LogP contribution is 2.39. The molecule has 1 aromatic rings. The van der Waals surface area contributed by atoms with E-state index in [0.29, 0.717) is 35.9 Å². The smallest absolute Gasteiger partial charge is 0.203 e. The van der Waals surface area contributed by atoms with Gasteiger partial charge in [0.05, 0.1) is 27.9 Å². The highest BCUT2D eigenvalue weighted by molar-refractivity contribution is 5.80. The molecule has 0 amide bonds. The Morgan fingerprint density at radius 2 is 1.79 bits per heavy atom. The summed E-state index contributed by atoms with van der Waals surface area (Å²) in [5, 5.41) is 6.94. The van der Waals surface area contributed by atoms with Crippen LogP contribution in [0.2, 0.25) is 0 Å². The van der Waals surface area contributed by atoms with Crippen molar-refractivity contribution in [2.45, 2.75) is 52.2 Å². The molecule has 0 radical (unpaired) electrons. The van der Waals surface area contributed by atoms with Crippen molar-refractivity contribution in [1.82, 2.24) is 15.5 Å². The molecule has 158 valence electrons. The Hall–Kier alpha value is -2.15. The van der Waals surface area contributed by atoms with Crippen LogP contribution in [0.5, 0.6) is 17.2 Å². The minimum Gasteiger partial charge on any atom is -0.493 e. The van der Waals surface area contributed by atoms with E-state index in [1.54, 1.807) is 21.3 Å². The molecule has 2 N–H and O–H groups in total. The SMILES string of the molecule is CCNC(=NCc1ccc(OC)c(OC)c1OC)NC1CCN(C(C)C)CC1. The van der Waals surface area contributed by atoms with E-state index in [2.05, 4.69) is 36.3 Å². The fourth-order valence-electron chi connectivity index (χ4n) is 3.53. The van der Waals surface area contributed by atoms with Crippen molar-refractivity contribution in [3.05, 3.63) is 17.7 Å². The van der Waals surface area contributed by atoms with E-state index < -0.39 is 0 Å². The van der Waals surface area contributed by atoms with Crippen molar-refractivity contribution in [1.29, 1.82) is 0 Å². The van der Waals surface area contributed by atoms with Gasteiger partial charge < -0.3 is 29.7 Å². The number of nitrogens with zero attached hydrogens (tertiary/aromatic N) is 2. The molecule has 28 heavy (non-hydrogen) atoms. The van der Waals surface area contributed by atoms with Gasteiger partial charge in [0.2, 0.25) is 5.75 Å². The molecular weight excluding hydrogens is 356 g/mol. The Morgan fingerprint density at radius 3 is 2.32 bits per heavy atom. The van der Waals surface area contributed by atoms with Crippen molar-refractivity contribution < 1.29 is 14.2 Å². The Morgan fingerprint density at radius 1 is 1.11 bits per heavy atom. The van der Waals surface area contributed by atoms with Crippen LogP contribution >= 0.6 is 0 Å². The van der Waals surface area contributed by atoms with Gasteiger partial charge >= 0.3 is 0 Å². The molecular formula is C21H36N4O3. The van der Waals surface area contributed by atoms with Crippen molar-refractivity contribution >= 4 is 5.96 Å². The van der Waals surface area contributed by atoms with Gasteiger partial charge in [-0.25, -0.2) is 4.99 Å². The normalized spacial score (nSPS) is 16.2. The number of hydrogen-bond acceptors (Lipinski definition) is 5. The Bertz CT molecular complexity index is 641. The minimum absolute atomic E-state index is 0.445. The Kier molecular flexibility index (Phi) is 8.70. The standard InChI is InChI=1S/C21H36N4O3/c1-7-22-21(24-17-10-12-25(13-11-17)15(2)3)23-14-16-8-9-18(26-4)20(28-6)19(16)27-5/h8-9,15,17H,7,10-14H2,1-6H3,(H2,22,23,24). The molecule has 2 rings (SSSR count). The van der Waals surface area contributed by atoms with Gasteiger partial charge in [0.25, 0.3) is 0 Å². The lowest BCUT2D eigenvalue weighted by Gasteiger charge is -2.35. The number of aliphatic imine (C=N–C) groups is 1. The van der Waals surface area contributed by atoms with E-state index in [4.69, 9.17) is 19.2 Å². The summed E-state index contributed by atoms with van der Waals surface area (Å²) in [6.45, 7) is 10.2. The molecule has 1 fully saturated rings. The largest absolute Gasteiger partial charge is 0.493 e. The molecule has 0 bridgehead atoms. The summed E-state index contributed by atoms with van der Waals surface area (Å²) in [6, 6.07) is 4.91. The molecule has 1 aliphatic heterocycles. The van der Waals surface area contributed by atoms with E-state index in [1.807, 2.05) is 12.1 Å². The average molecular weight is 393 g/mol. The molecule has 1 aliphatic rings. The highest BCUT2D eigenvalue weighted by atomic mass is 16.5. The number of likely N-dealkylation sites (tertiary alicyclic amines) is 1. The van der Waals surface area contributed by atoms with Crippen molar-refractivity contribution in [2.75, 3.05) is 41.0 Å². The molecule has 0 saturated carbocycles. The molecule has 1 aromatic carbocycles. The number of nitrogens with one attached hydrogen (secondary N) is 2. The van der Waals surface area contributed by atoms with Crippen molar-refractivity contribution in [3.63, 3.8) is 0 Å². The summed E-state index contributed by atoms with van der Waals surface area (Å²) in [4.78, 5) is 7.30. The molecule has 1 heterocycles. The van der Waals surface area contributed by atoms with Crippen molar-refractivity contribution in [2.24, 2.45) is 4.99 Å². The van der Waals surface area contributed by atoms with Crippen LogP contribution in [-0.4, -0.2) is 63.9 Å². The predicted molar refractivity (Wildman–Crippen MR) is 114 cm³/mol. The monoisotopic (exact) mass is 392 g/mol. The fourth-order valence-corrected chi connectivity index (χ4v) is 3.53. The number of rotatable bonds is 8. The first-order valence-electron chi connectivity index (χ1n) is 10.1. The Labute approximate surface area is 169 Å². The summed E-state index contributed by atoms with van der Waals surface area (Å²) in [7, 11) is 4.87. The number of benzene rings is 1. The second-order valence-electron chi connectivity index (χ2n) is 7.24. The summed E-state index contributed by atoms with van der Waals surface area (Å²) in [5.74, 6) is 2.74. The number of methoxy groups -OCH3 is 3. The van der Waals surface area contributed by atoms with E-state index >= 15 is 0 Å². The lowest BCUT2D eigenvalue weighted by molar-refractivity contribution is 0.167. The van der Waals surface area contributed by atoms with E-state index in [0.717, 1.165) is 44.0 Å². The number of ether oxygens (including phenoxy) is 3. The van der Waals surface area contributed by atoms with Gasteiger partial charge in [-0.1, -0.05) is 0 Å². The number of hydrogen-bond donors (Lipinski definition) is 2. The minimum atomic E-state index is 0.445. The zero-order chi connectivity index (χ0) is 20.5. The molecule has 7 nitrogen and oxygen atoms in total. The van der Waals surface area contributed by atoms with Gasteiger partial charge in [0.1, 0.15) is 0 Å². The highest BCUT2D eigenvalue weighted by Gasteiger charge is 2.21. The van der Waals surface area contributed by atoms with Crippen LogP contribution in [0.1, 0.15) is 39.2 Å². The van der Waals surface area contributed by atoms with Gasteiger partial charge in [-0.15, -0.1) is 0 Å². The zero-order valence-electron chi connectivity index (χ0n) is 18.2. The summed E-state index contributed by atoms with van der Waals surface area (Å²) >= 11 is 0. The lowest BCUT2D eigenvalue weighted by Crippen LogP contribution is -2.49. The first-order valence-corrected chi connectivity index (χ1v) is 10.1. The molecule has 0 aliphatic carbocycles. The van der Waals surface area contributed by atoms with Crippen LogP contribution < -0.4 is 24.8 Å². The molecule has 0 aromatic heterocycles. The predicted octanol–water partition coefficient (Wildman–Crippen LogP) is 2.64. The first kappa shape index (κ1) is 22.1. The third-order valence-electron chi connectivity index (χ3n) is 5.14. The van der Waals surface area contributed by atoms with Gasteiger partial charge in [-0.05, 0) is 45.7 Å². The molecule has 0 atom stereocenters. The van der Waals surface area contributed by atoms with E-state index in [-0.39, 0.29) is 0 Å². The van der Waals surface area contributed by atoms with Crippen LogP contribution in [0.15, 0.2) is 17.1 Å². The van der Waals surface area contributed by atoms with Gasteiger partial charge in [0, 0.05) is 37.3 Å². The third kappa shape index (κ3) is 5.67. The quantitative estimate of drug-likeness (QED) is 0.524. The van der Waals surface area contributed by atoms with Crippen LogP contribution in [0.25, 0.3) is 0 Å². The summed E-state index contributed by atoms with van der Waals surface area (Å²) in [6.07, 6.45) is 2.25. The summed E-state index contributed by atoms with van der Waals surface area (Å²) < 4.78 is 16.4. The second-order valence-corrected chi connectivity index (χ2v) is 7.24. The van der Waals surface area contributed by atoms with Gasteiger partial charge in [0.15, 0.2) is 17.5 Å². The van der Waals surface area contributed by atoms with Crippen LogP contribution in [0.3, 0.4) is 0 Å². The average Bonchev–Trinajstić information content (AvgIpc) is 2.71. The molecule has 0 unspecified atom stereocenters. The number of guanidine groups is 1. The van der Waals surface area contributed by atoms with Crippen LogP contribution in [-0.2, 0) is 6.54 Å². The van der Waals surface area contributed by atoms with E-state index in [9.17, 15) is 0 Å². The third-order valence-corrected chi connectivity index (χ3v) is 5.14. The van der Waals surface area contributed by atoms with Crippen LogP contribution in [0.4, 0.5) is 0 Å². The molecule has 0 spiro atoms. The molecule has 7 heteroatoms. The Balaban J connectivity index is 2.08.